The summed E-state index contributed by atoms with van der Waals surface area (Å²) < 4.78 is 1.48. The fourth-order valence-corrected chi connectivity index (χ4v) is 1.60. The number of hydrogen-bond acceptors (Lipinski definition) is 4. The van der Waals surface area contributed by atoms with Gasteiger partial charge in [0.1, 0.15) is 0 Å². The summed E-state index contributed by atoms with van der Waals surface area (Å²) in [4.78, 5) is 16.0. The first-order valence-electron chi connectivity index (χ1n) is 5.28. The van der Waals surface area contributed by atoms with Gasteiger partial charge in [-0.15, -0.1) is 0 Å². The molecule has 0 aromatic carbocycles. The fraction of sp³-hybridized carbons (Fsp3) is 0.0833. The highest BCUT2D eigenvalue weighted by atomic mass is 16.4. The maximum absolute atomic E-state index is 12.0. The van der Waals surface area contributed by atoms with Crippen LogP contribution in [0, 0.1) is 0 Å². The lowest BCUT2D eigenvalue weighted by Gasteiger charge is -2.07. The molecule has 6 nitrogen and oxygen atoms in total. The summed E-state index contributed by atoms with van der Waals surface area (Å²) in [5.74, 6) is -0.194. The molecule has 2 rings (SSSR count). The minimum absolute atomic E-state index is 0.170. The molecule has 92 valence electrons. The van der Waals surface area contributed by atoms with Crippen molar-refractivity contribution in [3.8, 4) is 0 Å². The molecular formula is C12H12N4O2. The third kappa shape index (κ3) is 2.37. The predicted octanol–water partition coefficient (Wildman–Crippen LogP) is 0.386. The molecule has 0 bridgehead atoms. The van der Waals surface area contributed by atoms with Gasteiger partial charge >= 0.3 is 0 Å². The Morgan fingerprint density at radius 1 is 1.44 bits per heavy atom. The first kappa shape index (κ1) is 11.8. The van der Waals surface area contributed by atoms with Crippen LogP contribution in [-0.4, -0.2) is 20.6 Å². The third-order valence-corrected chi connectivity index (χ3v) is 2.48. The second kappa shape index (κ2) is 5.13. The van der Waals surface area contributed by atoms with Gasteiger partial charge < -0.3 is 15.5 Å². The van der Waals surface area contributed by atoms with Crippen molar-refractivity contribution in [2.24, 2.45) is 10.9 Å². The number of amidine groups is 1. The van der Waals surface area contributed by atoms with E-state index in [1.807, 2.05) is 6.07 Å². The molecule has 0 unspecified atom stereocenters. The predicted molar refractivity (Wildman–Crippen MR) is 66.6 cm³/mol. The van der Waals surface area contributed by atoms with Gasteiger partial charge in [-0.2, -0.15) is 0 Å². The average molecular weight is 244 g/mol. The molecule has 0 saturated heterocycles. The highest BCUT2D eigenvalue weighted by Crippen LogP contribution is 1.99. The highest BCUT2D eigenvalue weighted by molar-refractivity contribution is 5.96. The van der Waals surface area contributed by atoms with Crippen LogP contribution >= 0.6 is 0 Å². The fourth-order valence-electron chi connectivity index (χ4n) is 1.60. The van der Waals surface area contributed by atoms with Crippen LogP contribution in [0.2, 0.25) is 0 Å². The zero-order valence-electron chi connectivity index (χ0n) is 9.52. The van der Waals surface area contributed by atoms with Crippen molar-refractivity contribution >= 4 is 5.84 Å². The van der Waals surface area contributed by atoms with E-state index in [1.54, 1.807) is 30.7 Å². The quantitative estimate of drug-likeness (QED) is 0.353. The van der Waals surface area contributed by atoms with Crippen LogP contribution in [0.15, 0.2) is 52.8 Å². The molecule has 3 N–H and O–H groups in total. The van der Waals surface area contributed by atoms with E-state index in [4.69, 9.17) is 10.9 Å². The lowest BCUT2D eigenvalue weighted by atomic mass is 10.2. The Bertz CT molecular complexity index is 619. The van der Waals surface area contributed by atoms with Gasteiger partial charge in [-0.3, -0.25) is 9.78 Å². The molecule has 18 heavy (non-hydrogen) atoms. The van der Waals surface area contributed by atoms with Crippen LogP contribution in [-0.2, 0) is 6.54 Å². The van der Waals surface area contributed by atoms with E-state index >= 15 is 0 Å². The molecular weight excluding hydrogens is 232 g/mol. The molecule has 6 heteroatoms. The summed E-state index contributed by atoms with van der Waals surface area (Å²) in [6, 6.07) is 6.85. The van der Waals surface area contributed by atoms with Crippen LogP contribution in [0.4, 0.5) is 0 Å². The Hall–Kier alpha value is -2.63. The Balaban J connectivity index is 2.39. The summed E-state index contributed by atoms with van der Waals surface area (Å²) in [7, 11) is 0. The molecule has 2 heterocycles. The number of nitrogens with two attached hydrogens (primary N) is 1. The molecule has 0 radical (unpaired) electrons. The molecule has 0 fully saturated rings. The van der Waals surface area contributed by atoms with E-state index in [9.17, 15) is 4.79 Å². The second-order valence-corrected chi connectivity index (χ2v) is 3.70. The maximum atomic E-state index is 12.0. The molecule has 2 aromatic heterocycles. The monoisotopic (exact) mass is 244 g/mol. The lowest BCUT2D eigenvalue weighted by Crippen LogP contribution is -2.29. The van der Waals surface area contributed by atoms with Gasteiger partial charge in [0.15, 0.2) is 5.84 Å². The van der Waals surface area contributed by atoms with Gasteiger partial charge in [-0.05, 0) is 23.8 Å². The molecule has 0 aliphatic heterocycles. The second-order valence-electron chi connectivity index (χ2n) is 3.70. The SMILES string of the molecule is N/C(=N/O)c1cccn(Cc2cccnc2)c1=O. The van der Waals surface area contributed by atoms with Crippen molar-refractivity contribution in [2.45, 2.75) is 6.54 Å². The van der Waals surface area contributed by atoms with Crippen molar-refractivity contribution in [2.75, 3.05) is 0 Å². The topological polar surface area (TPSA) is 93.5 Å². The Morgan fingerprint density at radius 3 is 2.94 bits per heavy atom. The van der Waals surface area contributed by atoms with Crippen molar-refractivity contribution in [1.82, 2.24) is 9.55 Å². The van der Waals surface area contributed by atoms with E-state index < -0.39 is 0 Å². The van der Waals surface area contributed by atoms with Crippen molar-refractivity contribution < 1.29 is 5.21 Å². The number of oxime groups is 1. The van der Waals surface area contributed by atoms with E-state index in [2.05, 4.69) is 10.1 Å². The van der Waals surface area contributed by atoms with E-state index in [-0.39, 0.29) is 17.0 Å². The Morgan fingerprint density at radius 2 is 2.28 bits per heavy atom. The number of aromatic nitrogens is 2. The summed E-state index contributed by atoms with van der Waals surface area (Å²) in [5.41, 5.74) is 6.19. The van der Waals surface area contributed by atoms with Crippen LogP contribution in [0.5, 0.6) is 0 Å². The molecule has 0 saturated carbocycles. The number of rotatable bonds is 3. The highest BCUT2D eigenvalue weighted by Gasteiger charge is 2.07. The lowest BCUT2D eigenvalue weighted by molar-refractivity contribution is 0.318. The van der Waals surface area contributed by atoms with Crippen LogP contribution in [0.3, 0.4) is 0 Å². The molecule has 0 aliphatic carbocycles. The summed E-state index contributed by atoms with van der Waals surface area (Å²) in [6.45, 7) is 0.388. The van der Waals surface area contributed by atoms with E-state index in [0.29, 0.717) is 6.54 Å². The maximum Gasteiger partial charge on any atom is 0.261 e. The van der Waals surface area contributed by atoms with Gasteiger partial charge in [-0.1, -0.05) is 11.2 Å². The van der Waals surface area contributed by atoms with Gasteiger partial charge in [0.2, 0.25) is 0 Å². The third-order valence-electron chi connectivity index (χ3n) is 2.48. The first-order chi connectivity index (χ1) is 8.72. The minimum atomic E-state index is -0.309. The Labute approximate surface area is 103 Å². The van der Waals surface area contributed by atoms with Crippen LogP contribution < -0.4 is 11.3 Å². The summed E-state index contributed by atoms with van der Waals surface area (Å²) in [5, 5.41) is 11.4. The van der Waals surface area contributed by atoms with Gasteiger partial charge in [0.05, 0.1) is 12.1 Å². The molecule has 0 atom stereocenters. The average Bonchev–Trinajstić information content (AvgIpc) is 2.41. The standard InChI is InChI=1S/C12H12N4O2/c13-11(15-18)10-4-2-6-16(12(10)17)8-9-3-1-5-14-7-9/h1-7,18H,8H2,(H2,13,15). The van der Waals surface area contributed by atoms with E-state index in [0.717, 1.165) is 5.56 Å². The zero-order chi connectivity index (χ0) is 13.0. The van der Waals surface area contributed by atoms with Gasteiger partial charge in [0, 0.05) is 18.6 Å². The van der Waals surface area contributed by atoms with Crippen molar-refractivity contribution in [3.05, 3.63) is 64.3 Å². The number of hydrogen-bond donors (Lipinski definition) is 2. The zero-order valence-corrected chi connectivity index (χ0v) is 9.52. The molecule has 0 amide bonds. The minimum Gasteiger partial charge on any atom is -0.409 e. The van der Waals surface area contributed by atoms with Crippen molar-refractivity contribution in [1.29, 1.82) is 0 Å². The van der Waals surface area contributed by atoms with Crippen molar-refractivity contribution in [3.63, 3.8) is 0 Å². The van der Waals surface area contributed by atoms with E-state index in [1.165, 1.54) is 10.6 Å². The van der Waals surface area contributed by atoms with Crippen LogP contribution in [0.25, 0.3) is 0 Å². The van der Waals surface area contributed by atoms with Gasteiger partial charge in [0.25, 0.3) is 5.56 Å². The largest absolute Gasteiger partial charge is 0.409 e. The van der Waals surface area contributed by atoms with Gasteiger partial charge in [-0.25, -0.2) is 0 Å². The number of nitrogens with zero attached hydrogens (tertiary/aromatic N) is 3. The molecule has 0 spiro atoms. The normalized spacial score (nSPS) is 11.4. The molecule has 0 aliphatic rings. The first-order valence-corrected chi connectivity index (χ1v) is 5.28. The summed E-state index contributed by atoms with van der Waals surface area (Å²) >= 11 is 0. The Kier molecular flexibility index (Phi) is 3.38. The van der Waals surface area contributed by atoms with Crippen LogP contribution in [0.1, 0.15) is 11.1 Å². The smallest absolute Gasteiger partial charge is 0.261 e. The number of pyridine rings is 2. The molecule has 2 aromatic rings. The summed E-state index contributed by atoms with van der Waals surface area (Å²) in [6.07, 6.45) is 4.99.